The number of rotatable bonds is 2. The van der Waals surface area contributed by atoms with Crippen LogP contribution in [0.1, 0.15) is 11.3 Å². The second-order valence-electron chi connectivity index (χ2n) is 3.86. The number of nitrogens with one attached hydrogen (secondary N) is 1. The Kier molecular flexibility index (Phi) is 3.57. The number of nitrogens with zero attached hydrogens (tertiary/aromatic N) is 2. The van der Waals surface area contributed by atoms with Crippen LogP contribution in [0.4, 0.5) is 28.9 Å². The normalized spacial score (nSPS) is 10.9. The van der Waals surface area contributed by atoms with Crippen LogP contribution in [-0.4, -0.2) is 4.98 Å². The van der Waals surface area contributed by atoms with E-state index >= 15 is 0 Å². The molecule has 0 aliphatic carbocycles. The first-order valence-corrected chi connectivity index (χ1v) is 5.40. The SMILES string of the molecule is N#Cc1cc(Nc2cc(C(F)(F)F)ccc2F)ccn1. The molecule has 0 saturated carbocycles. The molecule has 0 spiro atoms. The summed E-state index contributed by atoms with van der Waals surface area (Å²) >= 11 is 0. The monoisotopic (exact) mass is 281 g/mol. The number of benzene rings is 1. The zero-order valence-electron chi connectivity index (χ0n) is 9.87. The maximum absolute atomic E-state index is 13.5. The highest BCUT2D eigenvalue weighted by Gasteiger charge is 2.31. The molecule has 0 fully saturated rings. The van der Waals surface area contributed by atoms with Gasteiger partial charge in [0.1, 0.15) is 17.6 Å². The van der Waals surface area contributed by atoms with Gasteiger partial charge in [0.2, 0.25) is 0 Å². The summed E-state index contributed by atoms with van der Waals surface area (Å²) < 4.78 is 51.2. The van der Waals surface area contributed by atoms with Crippen molar-refractivity contribution in [3.63, 3.8) is 0 Å². The fraction of sp³-hybridized carbons (Fsp3) is 0.0769. The summed E-state index contributed by atoms with van der Waals surface area (Å²) in [7, 11) is 0. The number of hydrogen-bond donors (Lipinski definition) is 1. The van der Waals surface area contributed by atoms with Crippen LogP contribution in [0.3, 0.4) is 0 Å². The lowest BCUT2D eigenvalue weighted by Crippen LogP contribution is -2.06. The Labute approximate surface area is 111 Å². The number of halogens is 4. The number of alkyl halides is 3. The van der Waals surface area contributed by atoms with Crippen molar-refractivity contribution in [2.75, 3.05) is 5.32 Å². The Hall–Kier alpha value is -2.62. The smallest absolute Gasteiger partial charge is 0.353 e. The molecular formula is C13H7F4N3. The van der Waals surface area contributed by atoms with Crippen LogP contribution >= 0.6 is 0 Å². The van der Waals surface area contributed by atoms with Gasteiger partial charge < -0.3 is 5.32 Å². The minimum atomic E-state index is -4.56. The van der Waals surface area contributed by atoms with Crippen molar-refractivity contribution in [2.45, 2.75) is 6.18 Å². The molecule has 2 aromatic rings. The first-order chi connectivity index (χ1) is 9.40. The van der Waals surface area contributed by atoms with E-state index in [-0.39, 0.29) is 17.1 Å². The van der Waals surface area contributed by atoms with Crippen LogP contribution in [0.15, 0.2) is 36.5 Å². The molecule has 3 nitrogen and oxygen atoms in total. The molecule has 0 aliphatic rings. The Morgan fingerprint density at radius 1 is 1.15 bits per heavy atom. The predicted octanol–water partition coefficient (Wildman–Crippen LogP) is 3.85. The summed E-state index contributed by atoms with van der Waals surface area (Å²) in [5.41, 5.74) is -0.942. The molecule has 0 radical (unpaired) electrons. The van der Waals surface area contributed by atoms with Crippen molar-refractivity contribution < 1.29 is 17.6 Å². The fourth-order valence-electron chi connectivity index (χ4n) is 1.52. The molecule has 0 atom stereocenters. The lowest BCUT2D eigenvalue weighted by atomic mass is 10.2. The van der Waals surface area contributed by atoms with Gasteiger partial charge in [-0.2, -0.15) is 18.4 Å². The maximum Gasteiger partial charge on any atom is 0.416 e. The van der Waals surface area contributed by atoms with E-state index in [1.165, 1.54) is 18.3 Å². The molecule has 7 heteroatoms. The highest BCUT2D eigenvalue weighted by molar-refractivity contribution is 5.61. The van der Waals surface area contributed by atoms with Gasteiger partial charge in [0.15, 0.2) is 0 Å². The summed E-state index contributed by atoms with van der Waals surface area (Å²) in [5, 5.41) is 11.2. The molecule has 0 amide bonds. The van der Waals surface area contributed by atoms with Gasteiger partial charge in [-0.25, -0.2) is 9.37 Å². The zero-order chi connectivity index (χ0) is 14.8. The van der Waals surface area contributed by atoms with Crippen molar-refractivity contribution in [1.29, 1.82) is 5.26 Å². The highest BCUT2D eigenvalue weighted by atomic mass is 19.4. The van der Waals surface area contributed by atoms with E-state index in [4.69, 9.17) is 5.26 Å². The lowest BCUT2D eigenvalue weighted by Gasteiger charge is -2.11. The molecule has 102 valence electrons. The van der Waals surface area contributed by atoms with Crippen LogP contribution in [-0.2, 0) is 6.18 Å². The van der Waals surface area contributed by atoms with Crippen LogP contribution in [0, 0.1) is 17.1 Å². The number of hydrogen-bond acceptors (Lipinski definition) is 3. The van der Waals surface area contributed by atoms with Crippen LogP contribution in [0.2, 0.25) is 0 Å². The summed E-state index contributed by atoms with van der Waals surface area (Å²) in [6.07, 6.45) is -3.26. The lowest BCUT2D eigenvalue weighted by molar-refractivity contribution is -0.137. The Bertz CT molecular complexity index is 674. The number of pyridine rings is 1. The molecular weight excluding hydrogens is 274 g/mol. The van der Waals surface area contributed by atoms with E-state index < -0.39 is 17.6 Å². The van der Waals surface area contributed by atoms with Gasteiger partial charge in [0.05, 0.1) is 11.3 Å². The van der Waals surface area contributed by atoms with Gasteiger partial charge in [-0.1, -0.05) is 0 Å². The largest absolute Gasteiger partial charge is 0.416 e. The van der Waals surface area contributed by atoms with Crippen LogP contribution in [0.25, 0.3) is 0 Å². The third-order valence-corrected chi connectivity index (χ3v) is 2.45. The van der Waals surface area contributed by atoms with Gasteiger partial charge in [0.25, 0.3) is 0 Å². The topological polar surface area (TPSA) is 48.7 Å². The number of anilines is 2. The Morgan fingerprint density at radius 2 is 1.90 bits per heavy atom. The first-order valence-electron chi connectivity index (χ1n) is 5.40. The molecule has 20 heavy (non-hydrogen) atoms. The average Bonchev–Trinajstić information content (AvgIpc) is 2.40. The second-order valence-corrected chi connectivity index (χ2v) is 3.86. The van der Waals surface area contributed by atoms with E-state index in [0.717, 1.165) is 6.07 Å². The molecule has 2 rings (SSSR count). The number of nitriles is 1. The quantitative estimate of drug-likeness (QED) is 0.850. The van der Waals surface area contributed by atoms with Crippen molar-refractivity contribution in [1.82, 2.24) is 4.98 Å². The summed E-state index contributed by atoms with van der Waals surface area (Å²) in [6, 6.07) is 6.56. The Balaban J connectivity index is 2.35. The molecule has 1 aromatic carbocycles. The van der Waals surface area contributed by atoms with E-state index in [2.05, 4.69) is 10.3 Å². The summed E-state index contributed by atoms with van der Waals surface area (Å²) in [4.78, 5) is 3.70. The average molecular weight is 281 g/mol. The van der Waals surface area contributed by atoms with Crippen molar-refractivity contribution in [3.8, 4) is 6.07 Å². The predicted molar refractivity (Wildman–Crippen MR) is 63.6 cm³/mol. The maximum atomic E-state index is 13.5. The van der Waals surface area contributed by atoms with E-state index in [0.29, 0.717) is 12.1 Å². The van der Waals surface area contributed by atoms with Gasteiger partial charge in [0, 0.05) is 11.9 Å². The molecule has 0 unspecified atom stereocenters. The molecule has 1 heterocycles. The van der Waals surface area contributed by atoms with E-state index in [9.17, 15) is 17.6 Å². The summed E-state index contributed by atoms with van der Waals surface area (Å²) in [6.45, 7) is 0. The highest BCUT2D eigenvalue weighted by Crippen LogP contribution is 2.32. The van der Waals surface area contributed by atoms with E-state index in [1.807, 2.05) is 0 Å². The molecule has 1 N–H and O–H groups in total. The van der Waals surface area contributed by atoms with Gasteiger partial charge in [-0.3, -0.25) is 0 Å². The Morgan fingerprint density at radius 3 is 2.55 bits per heavy atom. The fourth-order valence-corrected chi connectivity index (χ4v) is 1.52. The van der Waals surface area contributed by atoms with Crippen molar-refractivity contribution >= 4 is 11.4 Å². The van der Waals surface area contributed by atoms with Crippen molar-refractivity contribution in [2.24, 2.45) is 0 Å². The minimum absolute atomic E-state index is 0.0717. The van der Waals surface area contributed by atoms with E-state index in [1.54, 1.807) is 6.07 Å². The molecule has 0 saturated heterocycles. The number of aromatic nitrogens is 1. The second kappa shape index (κ2) is 5.17. The third kappa shape index (κ3) is 3.03. The van der Waals surface area contributed by atoms with Crippen molar-refractivity contribution in [3.05, 3.63) is 53.6 Å². The minimum Gasteiger partial charge on any atom is -0.353 e. The van der Waals surface area contributed by atoms with Crippen LogP contribution < -0.4 is 5.32 Å². The molecule has 0 bridgehead atoms. The third-order valence-electron chi connectivity index (χ3n) is 2.45. The zero-order valence-corrected chi connectivity index (χ0v) is 9.87. The van der Waals surface area contributed by atoms with Crippen LogP contribution in [0.5, 0.6) is 0 Å². The standard InChI is InChI=1S/C13H7F4N3/c14-11-2-1-8(13(15,16)17)5-12(11)20-9-3-4-19-10(6-9)7-18/h1-6H,(H,19,20). The summed E-state index contributed by atoms with van der Waals surface area (Å²) in [5.74, 6) is -0.826. The van der Waals surface area contributed by atoms with Gasteiger partial charge in [-0.05, 0) is 30.3 Å². The molecule has 1 aromatic heterocycles. The van der Waals surface area contributed by atoms with Gasteiger partial charge in [-0.15, -0.1) is 0 Å². The first kappa shape index (κ1) is 13.8. The molecule has 0 aliphatic heterocycles. The van der Waals surface area contributed by atoms with Gasteiger partial charge >= 0.3 is 6.18 Å².